The number of H-pyrrole nitrogens is 1. The zero-order chi connectivity index (χ0) is 15.2. The van der Waals surface area contributed by atoms with Gasteiger partial charge in [0.1, 0.15) is 6.04 Å². The fourth-order valence-electron chi connectivity index (χ4n) is 2.05. The quantitative estimate of drug-likeness (QED) is 0.686. The smallest absolute Gasteiger partial charge is 0.320 e. The maximum atomic E-state index is 12.2. The van der Waals surface area contributed by atoms with E-state index in [-0.39, 0.29) is 6.03 Å². The van der Waals surface area contributed by atoms with Crippen molar-refractivity contribution in [1.82, 2.24) is 25.9 Å². The van der Waals surface area contributed by atoms with Gasteiger partial charge in [0.25, 0.3) is 0 Å². The number of rotatable bonds is 4. The minimum atomic E-state index is -0.483. The topological polar surface area (TPSA) is 95.6 Å². The van der Waals surface area contributed by atoms with Crippen LogP contribution in [-0.4, -0.2) is 26.7 Å². The molecule has 2 aromatic carbocycles. The first-order valence-electron chi connectivity index (χ1n) is 6.74. The summed E-state index contributed by atoms with van der Waals surface area (Å²) in [4.78, 5) is 12.2. The molecule has 0 saturated carbocycles. The molecule has 0 aliphatic carbocycles. The van der Waals surface area contributed by atoms with Crippen LogP contribution in [0.25, 0.3) is 0 Å². The Bertz CT molecular complexity index is 714. The molecule has 3 aromatic rings. The highest BCUT2D eigenvalue weighted by molar-refractivity contribution is 5.89. The molecule has 0 aliphatic heterocycles. The Morgan fingerprint density at radius 1 is 1.00 bits per heavy atom. The third-order valence-corrected chi connectivity index (χ3v) is 3.06. The summed E-state index contributed by atoms with van der Waals surface area (Å²) in [6, 6.07) is 17.8. The lowest BCUT2D eigenvalue weighted by Crippen LogP contribution is -2.33. The molecule has 0 spiro atoms. The lowest BCUT2D eigenvalue weighted by molar-refractivity contribution is 0.249. The highest BCUT2D eigenvalue weighted by atomic mass is 16.2. The number of anilines is 1. The first-order chi connectivity index (χ1) is 10.8. The Balaban J connectivity index is 1.77. The Morgan fingerprint density at radius 3 is 2.32 bits per heavy atom. The lowest BCUT2D eigenvalue weighted by atomic mass is 10.1. The number of benzene rings is 2. The molecular weight excluding hydrogens is 280 g/mol. The molecule has 7 nitrogen and oxygen atoms in total. The first-order valence-corrected chi connectivity index (χ1v) is 6.74. The molecule has 1 heterocycles. The van der Waals surface area contributed by atoms with Gasteiger partial charge in [0.15, 0.2) is 0 Å². The standard InChI is InChI=1S/C15H14N6O/c22-15(16-12-9-5-2-6-10-12)17-13(14-18-20-21-19-14)11-7-3-1-4-8-11/h1-10,13H,(H2,16,17,22)(H,18,19,20,21)/t13-/m0/s1. The Morgan fingerprint density at radius 2 is 1.68 bits per heavy atom. The average molecular weight is 294 g/mol. The predicted octanol–water partition coefficient (Wildman–Crippen LogP) is 2.11. The van der Waals surface area contributed by atoms with E-state index >= 15 is 0 Å². The Kier molecular flexibility index (Phi) is 4.05. The summed E-state index contributed by atoms with van der Waals surface area (Å²) in [6.45, 7) is 0. The van der Waals surface area contributed by atoms with E-state index in [1.165, 1.54) is 0 Å². The third-order valence-electron chi connectivity index (χ3n) is 3.06. The monoisotopic (exact) mass is 294 g/mol. The van der Waals surface area contributed by atoms with Gasteiger partial charge in [-0.05, 0) is 17.7 Å². The fraction of sp³-hybridized carbons (Fsp3) is 0.0667. The molecule has 0 fully saturated rings. The second-order valence-corrected chi connectivity index (χ2v) is 4.58. The number of carbonyl (C=O) groups is 1. The molecule has 2 amide bonds. The zero-order valence-corrected chi connectivity index (χ0v) is 11.6. The molecule has 7 heteroatoms. The second kappa shape index (κ2) is 6.49. The maximum Gasteiger partial charge on any atom is 0.320 e. The van der Waals surface area contributed by atoms with Crippen LogP contribution in [0.3, 0.4) is 0 Å². The van der Waals surface area contributed by atoms with Gasteiger partial charge in [0, 0.05) is 5.69 Å². The van der Waals surface area contributed by atoms with Crippen molar-refractivity contribution in [2.24, 2.45) is 0 Å². The predicted molar refractivity (Wildman–Crippen MR) is 81.1 cm³/mol. The van der Waals surface area contributed by atoms with Gasteiger partial charge in [-0.1, -0.05) is 53.7 Å². The minimum absolute atomic E-state index is 0.343. The molecule has 0 radical (unpaired) electrons. The van der Waals surface area contributed by atoms with Gasteiger partial charge in [0.05, 0.1) is 0 Å². The molecule has 110 valence electrons. The van der Waals surface area contributed by atoms with Gasteiger partial charge in [-0.15, -0.1) is 10.2 Å². The second-order valence-electron chi connectivity index (χ2n) is 4.58. The molecule has 0 unspecified atom stereocenters. The van der Waals surface area contributed by atoms with Crippen molar-refractivity contribution >= 4 is 11.7 Å². The minimum Gasteiger partial charge on any atom is -0.324 e. The Hall–Kier alpha value is -3.22. The van der Waals surface area contributed by atoms with Gasteiger partial charge in [0.2, 0.25) is 5.82 Å². The van der Waals surface area contributed by atoms with Gasteiger partial charge < -0.3 is 10.6 Å². The number of hydrogen-bond acceptors (Lipinski definition) is 4. The number of carbonyl (C=O) groups excluding carboxylic acids is 1. The van der Waals surface area contributed by atoms with E-state index in [9.17, 15) is 4.79 Å². The number of amides is 2. The summed E-state index contributed by atoms with van der Waals surface area (Å²) in [5, 5.41) is 19.5. The van der Waals surface area contributed by atoms with Crippen molar-refractivity contribution in [2.75, 3.05) is 5.32 Å². The average Bonchev–Trinajstić information content (AvgIpc) is 3.08. The van der Waals surface area contributed by atoms with Crippen LogP contribution in [0.15, 0.2) is 60.7 Å². The fourth-order valence-corrected chi connectivity index (χ4v) is 2.05. The van der Waals surface area contributed by atoms with Crippen molar-refractivity contribution in [1.29, 1.82) is 0 Å². The number of aromatic amines is 1. The summed E-state index contributed by atoms with van der Waals surface area (Å²) >= 11 is 0. The highest BCUT2D eigenvalue weighted by Crippen LogP contribution is 2.18. The van der Waals surface area contributed by atoms with E-state index < -0.39 is 6.04 Å². The van der Waals surface area contributed by atoms with Gasteiger partial charge in [-0.3, -0.25) is 0 Å². The van der Waals surface area contributed by atoms with Crippen LogP contribution in [0.5, 0.6) is 0 Å². The first kappa shape index (κ1) is 13.7. The summed E-state index contributed by atoms with van der Waals surface area (Å²) in [6.07, 6.45) is 0. The van der Waals surface area contributed by atoms with E-state index in [4.69, 9.17) is 0 Å². The number of hydrogen-bond donors (Lipinski definition) is 3. The maximum absolute atomic E-state index is 12.2. The van der Waals surface area contributed by atoms with Gasteiger partial charge in [-0.25, -0.2) is 4.79 Å². The molecule has 0 bridgehead atoms. The van der Waals surface area contributed by atoms with Crippen molar-refractivity contribution in [3.63, 3.8) is 0 Å². The molecule has 22 heavy (non-hydrogen) atoms. The van der Waals surface area contributed by atoms with Crippen molar-refractivity contribution in [3.8, 4) is 0 Å². The SMILES string of the molecule is O=C(Nc1ccccc1)N[C@@H](c1ccccc1)c1nn[nH]n1. The number of nitrogens with zero attached hydrogens (tertiary/aromatic N) is 3. The van der Waals surface area contributed by atoms with E-state index in [2.05, 4.69) is 31.3 Å². The molecule has 3 rings (SSSR count). The van der Waals surface area contributed by atoms with Crippen LogP contribution in [0.2, 0.25) is 0 Å². The van der Waals surface area contributed by atoms with E-state index in [1.54, 1.807) is 0 Å². The van der Waals surface area contributed by atoms with Crippen molar-refractivity contribution in [3.05, 3.63) is 72.1 Å². The Labute approximate surface area is 126 Å². The van der Waals surface area contributed by atoms with Crippen LogP contribution < -0.4 is 10.6 Å². The van der Waals surface area contributed by atoms with Gasteiger partial charge in [-0.2, -0.15) is 5.21 Å². The molecule has 3 N–H and O–H groups in total. The van der Waals surface area contributed by atoms with Gasteiger partial charge >= 0.3 is 6.03 Å². The zero-order valence-electron chi connectivity index (χ0n) is 11.6. The van der Waals surface area contributed by atoms with Crippen LogP contribution >= 0.6 is 0 Å². The molecular formula is C15H14N6O. The molecule has 0 aliphatic rings. The van der Waals surface area contributed by atoms with E-state index in [0.717, 1.165) is 5.56 Å². The van der Waals surface area contributed by atoms with Crippen LogP contribution in [0.4, 0.5) is 10.5 Å². The van der Waals surface area contributed by atoms with Crippen molar-refractivity contribution in [2.45, 2.75) is 6.04 Å². The summed E-state index contributed by atoms with van der Waals surface area (Å²) in [5.74, 6) is 0.398. The normalized spacial score (nSPS) is 11.6. The molecule has 0 saturated heterocycles. The summed E-state index contributed by atoms with van der Waals surface area (Å²) in [7, 11) is 0. The van der Waals surface area contributed by atoms with Crippen molar-refractivity contribution < 1.29 is 4.79 Å². The number of tetrazole rings is 1. The number of urea groups is 1. The summed E-state index contributed by atoms with van der Waals surface area (Å²) in [5.41, 5.74) is 1.58. The summed E-state index contributed by atoms with van der Waals surface area (Å²) < 4.78 is 0. The third kappa shape index (κ3) is 3.26. The van der Waals surface area contributed by atoms with Crippen LogP contribution in [0, 0.1) is 0 Å². The molecule has 1 aromatic heterocycles. The van der Waals surface area contributed by atoms with E-state index in [0.29, 0.717) is 11.5 Å². The highest BCUT2D eigenvalue weighted by Gasteiger charge is 2.20. The van der Waals surface area contributed by atoms with Crippen LogP contribution in [-0.2, 0) is 0 Å². The van der Waals surface area contributed by atoms with E-state index in [1.807, 2.05) is 60.7 Å². The molecule has 1 atom stereocenters. The van der Waals surface area contributed by atoms with Crippen LogP contribution in [0.1, 0.15) is 17.4 Å². The largest absolute Gasteiger partial charge is 0.324 e. The number of aromatic nitrogens is 4. The number of nitrogens with one attached hydrogen (secondary N) is 3. The lowest BCUT2D eigenvalue weighted by Gasteiger charge is -2.16. The number of para-hydroxylation sites is 1.